The molecular formula is C26H33N3O2S. The van der Waals surface area contributed by atoms with Crippen LogP contribution in [-0.4, -0.2) is 60.1 Å². The van der Waals surface area contributed by atoms with Crippen molar-refractivity contribution in [3.63, 3.8) is 0 Å². The minimum absolute atomic E-state index is 0.0212. The number of hydrogen-bond acceptors (Lipinski definition) is 4. The van der Waals surface area contributed by atoms with Crippen LogP contribution < -0.4 is 5.32 Å². The first-order chi connectivity index (χ1) is 15.7. The summed E-state index contributed by atoms with van der Waals surface area (Å²) in [5.41, 5.74) is 3.00. The van der Waals surface area contributed by atoms with E-state index in [9.17, 15) is 9.59 Å². The number of nitrogens with one attached hydrogen (secondary N) is 1. The van der Waals surface area contributed by atoms with Gasteiger partial charge in [0.2, 0.25) is 5.91 Å². The van der Waals surface area contributed by atoms with E-state index in [2.05, 4.69) is 22.3 Å². The SMILES string of the molecule is O=C(NCCCN1CCCCC1)c1ccc([C@@H]2SCC(=O)N2CCc2ccccc2)cc1. The fraction of sp³-hybridized carbons (Fsp3) is 0.462. The largest absolute Gasteiger partial charge is 0.352 e. The van der Waals surface area contributed by atoms with E-state index in [4.69, 9.17) is 0 Å². The Bertz CT molecular complexity index is 882. The summed E-state index contributed by atoms with van der Waals surface area (Å²) < 4.78 is 0. The zero-order valence-electron chi connectivity index (χ0n) is 18.7. The van der Waals surface area contributed by atoms with Gasteiger partial charge in [-0.15, -0.1) is 11.8 Å². The van der Waals surface area contributed by atoms with Gasteiger partial charge in [0.15, 0.2) is 0 Å². The van der Waals surface area contributed by atoms with E-state index in [1.807, 2.05) is 47.4 Å². The lowest BCUT2D eigenvalue weighted by Crippen LogP contribution is -2.33. The van der Waals surface area contributed by atoms with Crippen LogP contribution >= 0.6 is 11.8 Å². The number of thioether (sulfide) groups is 1. The number of hydrogen-bond donors (Lipinski definition) is 1. The first kappa shape index (κ1) is 22.9. The van der Waals surface area contributed by atoms with Gasteiger partial charge >= 0.3 is 0 Å². The van der Waals surface area contributed by atoms with E-state index in [0.29, 0.717) is 24.4 Å². The van der Waals surface area contributed by atoms with E-state index in [0.717, 1.165) is 24.9 Å². The number of nitrogens with zero attached hydrogens (tertiary/aromatic N) is 2. The number of carbonyl (C=O) groups is 2. The highest BCUT2D eigenvalue weighted by Crippen LogP contribution is 2.38. The van der Waals surface area contributed by atoms with Gasteiger partial charge in [0.25, 0.3) is 5.91 Å². The highest BCUT2D eigenvalue weighted by atomic mass is 32.2. The molecule has 2 aromatic rings. The van der Waals surface area contributed by atoms with Crippen molar-refractivity contribution in [1.29, 1.82) is 0 Å². The molecule has 2 aromatic carbocycles. The van der Waals surface area contributed by atoms with Gasteiger partial charge in [-0.1, -0.05) is 48.9 Å². The molecule has 0 radical (unpaired) electrons. The van der Waals surface area contributed by atoms with Crippen molar-refractivity contribution in [2.24, 2.45) is 0 Å². The van der Waals surface area contributed by atoms with Gasteiger partial charge in [0.05, 0.1) is 5.75 Å². The summed E-state index contributed by atoms with van der Waals surface area (Å²) in [5.74, 6) is 0.677. The molecule has 4 rings (SSSR count). The Kier molecular flexibility index (Phi) is 8.24. The topological polar surface area (TPSA) is 52.7 Å². The zero-order chi connectivity index (χ0) is 22.2. The number of amides is 2. The van der Waals surface area contributed by atoms with Crippen molar-refractivity contribution < 1.29 is 9.59 Å². The second kappa shape index (κ2) is 11.5. The van der Waals surface area contributed by atoms with Crippen LogP contribution in [0.4, 0.5) is 0 Å². The quantitative estimate of drug-likeness (QED) is 0.583. The van der Waals surface area contributed by atoms with E-state index in [1.165, 1.54) is 37.9 Å². The molecule has 0 saturated carbocycles. The lowest BCUT2D eigenvalue weighted by molar-refractivity contribution is -0.128. The number of likely N-dealkylation sites (tertiary alicyclic amines) is 1. The van der Waals surface area contributed by atoms with Gasteiger partial charge in [-0.3, -0.25) is 9.59 Å². The first-order valence-electron chi connectivity index (χ1n) is 11.8. The summed E-state index contributed by atoms with van der Waals surface area (Å²) in [4.78, 5) is 29.4. The van der Waals surface area contributed by atoms with Crippen LogP contribution in [0.2, 0.25) is 0 Å². The number of rotatable bonds is 9. The predicted molar refractivity (Wildman–Crippen MR) is 131 cm³/mol. The van der Waals surface area contributed by atoms with Crippen molar-refractivity contribution >= 4 is 23.6 Å². The van der Waals surface area contributed by atoms with Crippen molar-refractivity contribution in [3.8, 4) is 0 Å². The summed E-state index contributed by atoms with van der Waals surface area (Å²) in [6.07, 6.45) is 5.78. The Hall–Kier alpha value is -2.31. The third-order valence-corrected chi connectivity index (χ3v) is 7.55. The molecule has 2 aliphatic rings. The maximum Gasteiger partial charge on any atom is 0.251 e. The van der Waals surface area contributed by atoms with E-state index >= 15 is 0 Å². The number of carbonyl (C=O) groups excluding carboxylic acids is 2. The predicted octanol–water partition coefficient (Wildman–Crippen LogP) is 4.11. The molecule has 2 heterocycles. The van der Waals surface area contributed by atoms with Crippen LogP contribution in [0.5, 0.6) is 0 Å². The van der Waals surface area contributed by atoms with E-state index in [1.54, 1.807) is 11.8 Å². The standard InChI is InChI=1S/C26H33N3O2S/c30-24-20-32-26(29(24)19-14-21-8-3-1-4-9-21)23-12-10-22(11-13-23)25(31)27-15-7-18-28-16-5-2-6-17-28/h1,3-4,8-13,26H,2,5-7,14-20H2,(H,27,31)/t26-/m0/s1. The lowest BCUT2D eigenvalue weighted by atomic mass is 10.1. The molecule has 170 valence electrons. The Morgan fingerprint density at radius 1 is 0.969 bits per heavy atom. The van der Waals surface area contributed by atoms with Crippen molar-refractivity contribution in [1.82, 2.24) is 15.1 Å². The molecule has 0 aliphatic carbocycles. The molecule has 2 fully saturated rings. The van der Waals surface area contributed by atoms with Crippen LogP contribution in [0, 0.1) is 0 Å². The second-order valence-electron chi connectivity index (χ2n) is 8.62. The highest BCUT2D eigenvalue weighted by Gasteiger charge is 2.32. The number of piperidine rings is 1. The van der Waals surface area contributed by atoms with E-state index < -0.39 is 0 Å². The maximum absolute atomic E-state index is 12.5. The monoisotopic (exact) mass is 451 g/mol. The molecular weight excluding hydrogens is 418 g/mol. The molecule has 2 aliphatic heterocycles. The summed E-state index contributed by atoms with van der Waals surface area (Å²) >= 11 is 1.66. The number of benzene rings is 2. The molecule has 32 heavy (non-hydrogen) atoms. The molecule has 0 unspecified atom stereocenters. The summed E-state index contributed by atoms with van der Waals surface area (Å²) in [6.45, 7) is 4.86. The molecule has 6 heteroatoms. The molecule has 2 saturated heterocycles. The Labute approximate surface area is 195 Å². The molecule has 5 nitrogen and oxygen atoms in total. The molecule has 0 bridgehead atoms. The van der Waals surface area contributed by atoms with Gasteiger partial charge < -0.3 is 15.1 Å². The van der Waals surface area contributed by atoms with Gasteiger partial charge in [-0.2, -0.15) is 0 Å². The minimum atomic E-state index is -0.0220. The summed E-state index contributed by atoms with van der Waals surface area (Å²) in [6, 6.07) is 18.0. The van der Waals surface area contributed by atoms with Crippen LogP contribution in [0.15, 0.2) is 54.6 Å². The lowest BCUT2D eigenvalue weighted by Gasteiger charge is -2.26. The molecule has 0 aromatic heterocycles. The van der Waals surface area contributed by atoms with Crippen LogP contribution in [0.3, 0.4) is 0 Å². The maximum atomic E-state index is 12.5. The van der Waals surface area contributed by atoms with Gasteiger partial charge in [0, 0.05) is 18.7 Å². The fourth-order valence-corrected chi connectivity index (χ4v) is 5.67. The van der Waals surface area contributed by atoms with Crippen molar-refractivity contribution in [2.45, 2.75) is 37.5 Å². The van der Waals surface area contributed by atoms with Crippen LogP contribution in [0.25, 0.3) is 0 Å². The van der Waals surface area contributed by atoms with Gasteiger partial charge in [0.1, 0.15) is 5.37 Å². The highest BCUT2D eigenvalue weighted by molar-refractivity contribution is 8.00. The van der Waals surface area contributed by atoms with Crippen molar-refractivity contribution in [3.05, 3.63) is 71.3 Å². The minimum Gasteiger partial charge on any atom is -0.352 e. The average molecular weight is 452 g/mol. The second-order valence-corrected chi connectivity index (χ2v) is 9.69. The Balaban J connectivity index is 1.27. The Morgan fingerprint density at radius 3 is 2.47 bits per heavy atom. The molecule has 0 spiro atoms. The summed E-state index contributed by atoms with van der Waals surface area (Å²) in [5, 5.41) is 3.07. The molecule has 1 atom stereocenters. The van der Waals surface area contributed by atoms with Gasteiger partial charge in [-0.25, -0.2) is 0 Å². The molecule has 2 amide bonds. The zero-order valence-corrected chi connectivity index (χ0v) is 19.5. The van der Waals surface area contributed by atoms with Crippen LogP contribution in [-0.2, 0) is 11.2 Å². The smallest absolute Gasteiger partial charge is 0.251 e. The Morgan fingerprint density at radius 2 is 1.72 bits per heavy atom. The average Bonchev–Trinajstić information content (AvgIpc) is 3.22. The fourth-order valence-electron chi connectivity index (χ4n) is 4.46. The third kappa shape index (κ3) is 6.14. The van der Waals surface area contributed by atoms with E-state index in [-0.39, 0.29) is 17.2 Å². The first-order valence-corrected chi connectivity index (χ1v) is 12.8. The van der Waals surface area contributed by atoms with Crippen LogP contribution in [0.1, 0.15) is 52.5 Å². The normalized spacial score (nSPS) is 19.3. The van der Waals surface area contributed by atoms with Gasteiger partial charge in [-0.05, 0) is 68.6 Å². The molecule has 1 N–H and O–H groups in total. The summed E-state index contributed by atoms with van der Waals surface area (Å²) in [7, 11) is 0. The third-order valence-electron chi connectivity index (χ3n) is 6.30. The van der Waals surface area contributed by atoms with Crippen molar-refractivity contribution in [2.75, 3.05) is 38.5 Å².